The summed E-state index contributed by atoms with van der Waals surface area (Å²) in [5.74, 6) is 1.79. The van der Waals surface area contributed by atoms with Crippen LogP contribution in [0.2, 0.25) is 0 Å². The summed E-state index contributed by atoms with van der Waals surface area (Å²) in [5.41, 5.74) is 2.45. The lowest BCUT2D eigenvalue weighted by atomic mass is 10.2. The van der Waals surface area contributed by atoms with Crippen molar-refractivity contribution in [2.24, 2.45) is 0 Å². The molecule has 0 bridgehead atoms. The first-order valence-corrected chi connectivity index (χ1v) is 5.85. The van der Waals surface area contributed by atoms with Gasteiger partial charge in [0.15, 0.2) is 0 Å². The maximum atomic E-state index is 5.57. The van der Waals surface area contributed by atoms with E-state index in [0.29, 0.717) is 0 Å². The van der Waals surface area contributed by atoms with Crippen LogP contribution >= 0.6 is 23.5 Å². The highest BCUT2D eigenvalue weighted by Gasteiger charge is 1.91. The topological polar surface area (TPSA) is 12.0 Å². The molecule has 0 saturated carbocycles. The summed E-state index contributed by atoms with van der Waals surface area (Å²) in [6, 6.07) is 8.35. The van der Waals surface area contributed by atoms with Crippen molar-refractivity contribution in [3.05, 3.63) is 29.8 Å². The van der Waals surface area contributed by atoms with Gasteiger partial charge in [0.25, 0.3) is 0 Å². The van der Waals surface area contributed by atoms with Crippen LogP contribution < -0.4 is 4.72 Å². The molecule has 0 aliphatic rings. The van der Waals surface area contributed by atoms with Crippen molar-refractivity contribution in [3.63, 3.8) is 0 Å². The van der Waals surface area contributed by atoms with Crippen molar-refractivity contribution in [2.45, 2.75) is 13.3 Å². The average molecular weight is 216 g/mol. The largest absolute Gasteiger partial charge is 0.330 e. The standard InChI is InChI=1S/C10H14ClNS/c1-9-4-2-5-10(8-9)12-13-7-3-6-11/h2,4-5,8,12H,3,6-7H2,1H3. The van der Waals surface area contributed by atoms with Gasteiger partial charge >= 0.3 is 0 Å². The number of hydrogen-bond acceptors (Lipinski definition) is 2. The molecule has 0 atom stereocenters. The maximum Gasteiger partial charge on any atom is 0.0442 e. The number of nitrogens with one attached hydrogen (secondary N) is 1. The molecule has 0 saturated heterocycles. The van der Waals surface area contributed by atoms with E-state index in [0.717, 1.165) is 18.1 Å². The van der Waals surface area contributed by atoms with Gasteiger partial charge in [-0.2, -0.15) is 0 Å². The second-order valence-electron chi connectivity index (χ2n) is 2.86. The van der Waals surface area contributed by atoms with E-state index in [1.165, 1.54) is 11.3 Å². The van der Waals surface area contributed by atoms with Crippen molar-refractivity contribution in [2.75, 3.05) is 16.4 Å². The zero-order valence-corrected chi connectivity index (χ0v) is 9.29. The lowest BCUT2D eigenvalue weighted by Crippen LogP contribution is -1.90. The summed E-state index contributed by atoms with van der Waals surface area (Å²) in [7, 11) is 0. The Hall–Kier alpha value is -0.340. The molecule has 0 heterocycles. The van der Waals surface area contributed by atoms with E-state index in [1.807, 2.05) is 0 Å². The van der Waals surface area contributed by atoms with Crippen molar-refractivity contribution in [1.29, 1.82) is 0 Å². The van der Waals surface area contributed by atoms with E-state index in [-0.39, 0.29) is 0 Å². The normalized spacial score (nSPS) is 10.0. The molecule has 0 aromatic heterocycles. The van der Waals surface area contributed by atoms with Crippen molar-refractivity contribution in [3.8, 4) is 0 Å². The van der Waals surface area contributed by atoms with Crippen molar-refractivity contribution < 1.29 is 0 Å². The smallest absolute Gasteiger partial charge is 0.0442 e. The van der Waals surface area contributed by atoms with Crippen LogP contribution in [0.4, 0.5) is 5.69 Å². The molecule has 72 valence electrons. The van der Waals surface area contributed by atoms with Crippen molar-refractivity contribution >= 4 is 29.2 Å². The molecule has 0 amide bonds. The van der Waals surface area contributed by atoms with Gasteiger partial charge in [-0.1, -0.05) is 24.1 Å². The summed E-state index contributed by atoms with van der Waals surface area (Å²) in [6.07, 6.45) is 1.05. The summed E-state index contributed by atoms with van der Waals surface area (Å²) >= 11 is 7.27. The first-order chi connectivity index (χ1) is 6.33. The summed E-state index contributed by atoms with van der Waals surface area (Å²) < 4.78 is 3.28. The lowest BCUT2D eigenvalue weighted by molar-refractivity contribution is 1.12. The zero-order valence-electron chi connectivity index (χ0n) is 7.72. The summed E-state index contributed by atoms with van der Waals surface area (Å²) in [6.45, 7) is 2.09. The highest BCUT2D eigenvalue weighted by molar-refractivity contribution is 8.00. The Balaban J connectivity index is 2.28. The molecule has 1 aromatic rings. The fraction of sp³-hybridized carbons (Fsp3) is 0.400. The molecular weight excluding hydrogens is 202 g/mol. The Morgan fingerprint density at radius 3 is 3.00 bits per heavy atom. The Kier molecular flexibility index (Phi) is 5.09. The Morgan fingerprint density at radius 1 is 1.46 bits per heavy atom. The second-order valence-corrected chi connectivity index (χ2v) is 4.14. The Labute approximate surface area is 89.0 Å². The predicted molar refractivity (Wildman–Crippen MR) is 62.6 cm³/mol. The minimum absolute atomic E-state index is 0.739. The number of benzene rings is 1. The zero-order chi connectivity index (χ0) is 9.52. The first-order valence-electron chi connectivity index (χ1n) is 4.33. The molecule has 0 spiro atoms. The van der Waals surface area contributed by atoms with E-state index in [1.54, 1.807) is 11.9 Å². The predicted octanol–water partition coefficient (Wildman–Crippen LogP) is 3.68. The summed E-state index contributed by atoms with van der Waals surface area (Å²) in [4.78, 5) is 0. The average Bonchev–Trinajstić information content (AvgIpc) is 2.13. The maximum absolute atomic E-state index is 5.57. The molecule has 0 aliphatic carbocycles. The molecule has 3 heteroatoms. The fourth-order valence-corrected chi connectivity index (χ4v) is 1.95. The number of anilines is 1. The van der Waals surface area contributed by atoms with Crippen LogP contribution in [0.15, 0.2) is 24.3 Å². The molecule has 0 aliphatic heterocycles. The van der Waals surface area contributed by atoms with Gasteiger partial charge < -0.3 is 4.72 Å². The lowest BCUT2D eigenvalue weighted by Gasteiger charge is -2.04. The molecule has 0 fully saturated rings. The molecule has 1 nitrogen and oxygen atoms in total. The van der Waals surface area contributed by atoms with Crippen LogP contribution in [-0.4, -0.2) is 11.6 Å². The monoisotopic (exact) mass is 215 g/mol. The third-order valence-corrected chi connectivity index (χ3v) is 2.73. The van der Waals surface area contributed by atoms with E-state index in [4.69, 9.17) is 11.6 Å². The third-order valence-electron chi connectivity index (χ3n) is 1.59. The van der Waals surface area contributed by atoms with Gasteiger partial charge in [-0.15, -0.1) is 11.6 Å². The summed E-state index contributed by atoms with van der Waals surface area (Å²) in [5, 5.41) is 0. The molecule has 1 aromatic carbocycles. The molecule has 0 unspecified atom stereocenters. The van der Waals surface area contributed by atoms with Crippen molar-refractivity contribution in [1.82, 2.24) is 0 Å². The second kappa shape index (κ2) is 6.17. The Morgan fingerprint density at radius 2 is 2.31 bits per heavy atom. The van der Waals surface area contributed by atoms with Gasteiger partial charge in [0, 0.05) is 17.3 Å². The number of halogens is 1. The van der Waals surface area contributed by atoms with Gasteiger partial charge in [0.2, 0.25) is 0 Å². The van der Waals surface area contributed by atoms with Gasteiger partial charge in [-0.3, -0.25) is 0 Å². The number of rotatable bonds is 5. The minimum atomic E-state index is 0.739. The van der Waals surface area contributed by atoms with Gasteiger partial charge in [-0.05, 0) is 31.0 Å². The quantitative estimate of drug-likeness (QED) is 0.457. The van der Waals surface area contributed by atoms with Crippen LogP contribution in [0.5, 0.6) is 0 Å². The first kappa shape index (κ1) is 10.7. The molecule has 1 rings (SSSR count). The number of aryl methyl sites for hydroxylation is 1. The Bertz CT molecular complexity index is 252. The van der Waals surface area contributed by atoms with Crippen LogP contribution in [0.1, 0.15) is 12.0 Å². The fourth-order valence-electron chi connectivity index (χ4n) is 0.970. The highest BCUT2D eigenvalue weighted by Crippen LogP contribution is 2.14. The molecule has 1 N–H and O–H groups in total. The highest BCUT2D eigenvalue weighted by atomic mass is 35.5. The molecule has 13 heavy (non-hydrogen) atoms. The van der Waals surface area contributed by atoms with E-state index >= 15 is 0 Å². The van der Waals surface area contributed by atoms with E-state index < -0.39 is 0 Å². The van der Waals surface area contributed by atoms with Crippen LogP contribution in [0.25, 0.3) is 0 Å². The van der Waals surface area contributed by atoms with Crippen LogP contribution in [0.3, 0.4) is 0 Å². The van der Waals surface area contributed by atoms with Crippen LogP contribution in [0, 0.1) is 6.92 Å². The van der Waals surface area contributed by atoms with Crippen LogP contribution in [-0.2, 0) is 0 Å². The van der Waals surface area contributed by atoms with Gasteiger partial charge in [0.1, 0.15) is 0 Å². The van der Waals surface area contributed by atoms with E-state index in [2.05, 4.69) is 35.9 Å². The van der Waals surface area contributed by atoms with Gasteiger partial charge in [0.05, 0.1) is 0 Å². The molecular formula is C10H14ClNS. The van der Waals surface area contributed by atoms with Gasteiger partial charge in [-0.25, -0.2) is 0 Å². The third kappa shape index (κ3) is 4.44. The molecule has 0 radical (unpaired) electrons. The minimum Gasteiger partial charge on any atom is -0.330 e. The van der Waals surface area contributed by atoms with E-state index in [9.17, 15) is 0 Å². The SMILES string of the molecule is Cc1cccc(NSCCCCl)c1. The number of hydrogen-bond donors (Lipinski definition) is 1. The number of alkyl halides is 1.